The highest BCUT2D eigenvalue weighted by Gasteiger charge is 2.35. The average Bonchev–Trinajstić information content (AvgIpc) is 2.47. The highest BCUT2D eigenvalue weighted by atomic mass is 16.2. The number of urea groups is 1. The summed E-state index contributed by atoms with van der Waals surface area (Å²) in [6, 6.07) is 8.33. The van der Waals surface area contributed by atoms with Gasteiger partial charge in [0.05, 0.1) is 0 Å². The second-order valence-corrected chi connectivity index (χ2v) is 3.19. The number of carbonyl (C=O) groups is 2. The number of nitrogens with one attached hydrogen (secondary N) is 1. The molecule has 1 aromatic carbocycles. The molecule has 1 aromatic rings. The summed E-state index contributed by atoms with van der Waals surface area (Å²) >= 11 is 0. The molecule has 1 heterocycles. The Morgan fingerprint density at radius 2 is 1.86 bits per heavy atom. The normalized spacial score (nSPS) is 21.2. The van der Waals surface area contributed by atoms with Gasteiger partial charge < -0.3 is 5.32 Å². The Hall–Kier alpha value is -1.84. The van der Waals surface area contributed by atoms with E-state index in [1.54, 1.807) is 0 Å². The van der Waals surface area contributed by atoms with Gasteiger partial charge in [-0.25, -0.2) is 4.79 Å². The van der Waals surface area contributed by atoms with Crippen LogP contribution < -0.4 is 5.32 Å². The summed E-state index contributed by atoms with van der Waals surface area (Å²) in [4.78, 5) is 23.8. The van der Waals surface area contributed by atoms with Crippen LogP contribution in [0.1, 0.15) is 11.6 Å². The van der Waals surface area contributed by atoms with Crippen molar-refractivity contribution in [3.63, 3.8) is 0 Å². The highest BCUT2D eigenvalue weighted by Crippen LogP contribution is 2.19. The van der Waals surface area contributed by atoms with E-state index in [1.807, 2.05) is 30.3 Å². The molecule has 1 saturated heterocycles. The summed E-state index contributed by atoms with van der Waals surface area (Å²) in [5.74, 6) is -0.207. The van der Waals surface area contributed by atoms with E-state index in [4.69, 9.17) is 0 Å². The van der Waals surface area contributed by atoms with Crippen LogP contribution in [0.25, 0.3) is 0 Å². The van der Waals surface area contributed by atoms with Gasteiger partial charge in [0.15, 0.2) is 0 Å². The highest BCUT2D eigenvalue weighted by molar-refractivity contribution is 6.04. The van der Waals surface area contributed by atoms with Gasteiger partial charge in [-0.3, -0.25) is 9.69 Å². The number of carbonyl (C=O) groups excluding carboxylic acids is 2. The minimum atomic E-state index is -0.520. The topological polar surface area (TPSA) is 49.4 Å². The molecule has 72 valence electrons. The molecule has 0 aliphatic carbocycles. The van der Waals surface area contributed by atoms with Gasteiger partial charge >= 0.3 is 6.03 Å². The first kappa shape index (κ1) is 8.74. The fourth-order valence-electron chi connectivity index (χ4n) is 1.45. The molecule has 1 fully saturated rings. The van der Waals surface area contributed by atoms with Crippen molar-refractivity contribution in [2.24, 2.45) is 0 Å². The minimum absolute atomic E-state index is 0.207. The molecule has 1 aliphatic rings. The molecular weight excluding hydrogens is 180 g/mol. The molecule has 4 heteroatoms. The Labute approximate surface area is 81.5 Å². The largest absolute Gasteiger partial charge is 0.324 e. The third-order valence-corrected chi connectivity index (χ3v) is 2.28. The van der Waals surface area contributed by atoms with E-state index >= 15 is 0 Å². The molecule has 1 N–H and O–H groups in total. The fourth-order valence-corrected chi connectivity index (χ4v) is 1.45. The van der Waals surface area contributed by atoms with Gasteiger partial charge in [-0.05, 0) is 5.56 Å². The third-order valence-electron chi connectivity index (χ3n) is 2.28. The van der Waals surface area contributed by atoms with Crippen molar-refractivity contribution in [2.45, 2.75) is 6.04 Å². The Kier molecular flexibility index (Phi) is 1.96. The molecule has 3 amide bonds. The van der Waals surface area contributed by atoms with E-state index < -0.39 is 6.04 Å². The molecule has 1 atom stereocenters. The molecule has 0 unspecified atom stereocenters. The number of hydrogen-bond acceptors (Lipinski definition) is 2. The molecule has 1 aliphatic heterocycles. The second-order valence-electron chi connectivity index (χ2n) is 3.19. The predicted molar refractivity (Wildman–Crippen MR) is 50.5 cm³/mol. The van der Waals surface area contributed by atoms with E-state index in [9.17, 15) is 9.59 Å². The molecule has 0 bridgehead atoms. The Morgan fingerprint density at radius 1 is 1.21 bits per heavy atom. The van der Waals surface area contributed by atoms with Gasteiger partial charge in [0.1, 0.15) is 6.04 Å². The summed E-state index contributed by atoms with van der Waals surface area (Å²) in [5.41, 5.74) is 0.815. The predicted octanol–water partition coefficient (Wildman–Crippen LogP) is 0.909. The first-order valence-corrected chi connectivity index (χ1v) is 4.33. The lowest BCUT2D eigenvalue weighted by Crippen LogP contribution is -2.25. The van der Waals surface area contributed by atoms with Gasteiger partial charge in [-0.1, -0.05) is 30.3 Å². The number of benzene rings is 1. The molecule has 2 rings (SSSR count). The van der Waals surface area contributed by atoms with Crippen LogP contribution in [-0.4, -0.2) is 23.9 Å². The lowest BCUT2D eigenvalue weighted by Gasteiger charge is -2.07. The summed E-state index contributed by atoms with van der Waals surface area (Å²) in [7, 11) is 1.47. The van der Waals surface area contributed by atoms with Crippen molar-refractivity contribution < 1.29 is 9.59 Å². The van der Waals surface area contributed by atoms with Crippen LogP contribution in [-0.2, 0) is 4.79 Å². The summed E-state index contributed by atoms with van der Waals surface area (Å²) in [6.07, 6.45) is 0. The summed E-state index contributed by atoms with van der Waals surface area (Å²) in [6.45, 7) is 0. The zero-order valence-corrected chi connectivity index (χ0v) is 7.73. The first-order chi connectivity index (χ1) is 6.70. The van der Waals surface area contributed by atoms with E-state index in [2.05, 4.69) is 5.32 Å². The van der Waals surface area contributed by atoms with E-state index in [0.717, 1.165) is 10.5 Å². The lowest BCUT2D eigenvalue weighted by molar-refractivity contribution is -0.126. The fraction of sp³-hybridized carbons (Fsp3) is 0.200. The maximum Gasteiger partial charge on any atom is 0.324 e. The Bertz CT molecular complexity index is 375. The summed E-state index contributed by atoms with van der Waals surface area (Å²) < 4.78 is 0. The van der Waals surface area contributed by atoms with Crippen LogP contribution in [0.2, 0.25) is 0 Å². The molecular formula is C10H10N2O2. The van der Waals surface area contributed by atoms with Gasteiger partial charge in [0, 0.05) is 7.05 Å². The Balaban J connectivity index is 2.30. The van der Waals surface area contributed by atoms with Gasteiger partial charge in [-0.2, -0.15) is 0 Å². The maximum absolute atomic E-state index is 11.6. The third kappa shape index (κ3) is 1.25. The van der Waals surface area contributed by atoms with Gasteiger partial charge in [-0.15, -0.1) is 0 Å². The number of likely N-dealkylation sites (N-methyl/N-ethyl adjacent to an activating group) is 1. The number of amides is 3. The minimum Gasteiger partial charge on any atom is -0.322 e. The lowest BCUT2D eigenvalue weighted by atomic mass is 10.1. The smallest absolute Gasteiger partial charge is 0.322 e. The van der Waals surface area contributed by atoms with Gasteiger partial charge in [0.25, 0.3) is 5.91 Å². The van der Waals surface area contributed by atoms with Crippen molar-refractivity contribution in [3.05, 3.63) is 35.9 Å². The van der Waals surface area contributed by atoms with E-state index in [1.165, 1.54) is 7.05 Å². The monoisotopic (exact) mass is 190 g/mol. The number of rotatable bonds is 1. The second kappa shape index (κ2) is 3.14. The molecule has 0 spiro atoms. The van der Waals surface area contributed by atoms with Crippen LogP contribution in [0, 0.1) is 0 Å². The molecule has 0 radical (unpaired) electrons. The van der Waals surface area contributed by atoms with Gasteiger partial charge in [0.2, 0.25) is 0 Å². The van der Waals surface area contributed by atoms with Crippen LogP contribution in [0.3, 0.4) is 0 Å². The van der Waals surface area contributed by atoms with E-state index in [0.29, 0.717) is 0 Å². The maximum atomic E-state index is 11.6. The van der Waals surface area contributed by atoms with Crippen molar-refractivity contribution in [3.8, 4) is 0 Å². The zero-order chi connectivity index (χ0) is 10.1. The Morgan fingerprint density at radius 3 is 2.36 bits per heavy atom. The average molecular weight is 190 g/mol. The van der Waals surface area contributed by atoms with Crippen molar-refractivity contribution in [2.75, 3.05) is 7.05 Å². The molecule has 4 nitrogen and oxygen atoms in total. The van der Waals surface area contributed by atoms with Crippen LogP contribution in [0.15, 0.2) is 30.3 Å². The van der Waals surface area contributed by atoms with Crippen LogP contribution in [0.4, 0.5) is 4.79 Å². The number of hydrogen-bond donors (Lipinski definition) is 1. The van der Waals surface area contributed by atoms with E-state index in [-0.39, 0.29) is 11.9 Å². The quantitative estimate of drug-likeness (QED) is 0.669. The van der Waals surface area contributed by atoms with Crippen molar-refractivity contribution in [1.29, 1.82) is 0 Å². The summed E-state index contributed by atoms with van der Waals surface area (Å²) in [5, 5.41) is 2.61. The van der Waals surface area contributed by atoms with Crippen molar-refractivity contribution >= 4 is 11.9 Å². The number of nitrogens with zero attached hydrogens (tertiary/aromatic N) is 1. The molecule has 14 heavy (non-hydrogen) atoms. The van der Waals surface area contributed by atoms with Crippen LogP contribution >= 0.6 is 0 Å². The number of imide groups is 1. The van der Waals surface area contributed by atoms with Crippen LogP contribution in [0.5, 0.6) is 0 Å². The standard InChI is InChI=1S/C10H10N2O2/c1-12-9(13)8(11-10(12)14)7-5-3-2-4-6-7/h2-6,8H,1H3,(H,11,14)/t8-/m1/s1. The van der Waals surface area contributed by atoms with Crippen molar-refractivity contribution in [1.82, 2.24) is 10.2 Å². The molecule has 0 aromatic heterocycles. The first-order valence-electron chi connectivity index (χ1n) is 4.33. The zero-order valence-electron chi connectivity index (χ0n) is 7.73. The SMILES string of the molecule is CN1C(=O)N[C@H](c2ccccc2)C1=O. The molecule has 0 saturated carbocycles.